The molecule has 1 aromatic rings. The van der Waals surface area contributed by atoms with Crippen LogP contribution in [0.4, 0.5) is 0 Å². The molecule has 0 aromatic heterocycles. The summed E-state index contributed by atoms with van der Waals surface area (Å²) in [4.78, 5) is 22.1. The molecule has 0 bridgehead atoms. The van der Waals surface area contributed by atoms with Crippen molar-refractivity contribution in [1.29, 1.82) is 0 Å². The number of carboxylic acids is 1. The van der Waals surface area contributed by atoms with Crippen molar-refractivity contribution >= 4 is 46.6 Å². The molecule has 1 aromatic carbocycles. The fourth-order valence-corrected chi connectivity index (χ4v) is 2.00. The first kappa shape index (κ1) is 14.3. The Kier molecular flexibility index (Phi) is 5.25. The lowest BCUT2D eigenvalue weighted by Gasteiger charge is -2.05. The standard InChI is InChI=1S/C11H9Cl3O3/c12-6-4-7(11(14)8(13)5-6)9(15)2-1-3-10(16)17/h4-5H,1-3H2,(H,16,17). The maximum atomic E-state index is 11.8. The molecule has 3 nitrogen and oxygen atoms in total. The van der Waals surface area contributed by atoms with Gasteiger partial charge in [0.15, 0.2) is 5.78 Å². The summed E-state index contributed by atoms with van der Waals surface area (Å²) in [5, 5.41) is 9.14. The first-order chi connectivity index (χ1) is 7.91. The molecular formula is C11H9Cl3O3. The molecule has 1 N–H and O–H groups in total. The normalized spacial score (nSPS) is 10.3. The van der Waals surface area contributed by atoms with Crippen LogP contribution < -0.4 is 0 Å². The largest absolute Gasteiger partial charge is 0.481 e. The molecule has 0 saturated carbocycles. The third kappa shape index (κ3) is 4.19. The van der Waals surface area contributed by atoms with Gasteiger partial charge in [-0.3, -0.25) is 9.59 Å². The van der Waals surface area contributed by atoms with Gasteiger partial charge in [0.1, 0.15) is 0 Å². The summed E-state index contributed by atoms with van der Waals surface area (Å²) in [6.45, 7) is 0. The van der Waals surface area contributed by atoms with Gasteiger partial charge in [-0.25, -0.2) is 0 Å². The van der Waals surface area contributed by atoms with Crippen molar-refractivity contribution < 1.29 is 14.7 Å². The number of Topliss-reactive ketones (excluding diaryl/α,β-unsaturated/α-hetero) is 1. The van der Waals surface area contributed by atoms with E-state index in [0.29, 0.717) is 5.02 Å². The van der Waals surface area contributed by atoms with Crippen LogP contribution in [0.3, 0.4) is 0 Å². The number of halogens is 3. The van der Waals surface area contributed by atoms with Crippen molar-refractivity contribution in [1.82, 2.24) is 0 Å². The van der Waals surface area contributed by atoms with Gasteiger partial charge in [-0.05, 0) is 18.6 Å². The van der Waals surface area contributed by atoms with Gasteiger partial charge in [-0.15, -0.1) is 0 Å². The van der Waals surface area contributed by atoms with Crippen LogP contribution in [0, 0.1) is 0 Å². The summed E-state index contributed by atoms with van der Waals surface area (Å²) >= 11 is 17.4. The Morgan fingerprint density at radius 2 is 1.76 bits per heavy atom. The Labute approximate surface area is 113 Å². The number of aliphatic carboxylic acids is 1. The van der Waals surface area contributed by atoms with Crippen LogP contribution in [-0.2, 0) is 4.79 Å². The Morgan fingerprint density at radius 3 is 2.35 bits per heavy atom. The second kappa shape index (κ2) is 6.24. The zero-order chi connectivity index (χ0) is 13.0. The van der Waals surface area contributed by atoms with Crippen LogP contribution in [-0.4, -0.2) is 16.9 Å². The molecule has 0 amide bonds. The van der Waals surface area contributed by atoms with E-state index in [-0.39, 0.29) is 40.7 Å². The van der Waals surface area contributed by atoms with Crippen LogP contribution in [0.5, 0.6) is 0 Å². The number of ketones is 1. The maximum Gasteiger partial charge on any atom is 0.303 e. The van der Waals surface area contributed by atoms with Crippen molar-refractivity contribution in [3.05, 3.63) is 32.8 Å². The van der Waals surface area contributed by atoms with Gasteiger partial charge in [0.25, 0.3) is 0 Å². The van der Waals surface area contributed by atoms with Gasteiger partial charge < -0.3 is 5.11 Å². The Bertz CT molecular complexity index is 458. The van der Waals surface area contributed by atoms with Crippen LogP contribution in [0.25, 0.3) is 0 Å². The van der Waals surface area contributed by atoms with E-state index >= 15 is 0 Å². The Hall–Kier alpha value is -0.770. The highest BCUT2D eigenvalue weighted by atomic mass is 35.5. The molecule has 0 unspecified atom stereocenters. The van der Waals surface area contributed by atoms with Crippen molar-refractivity contribution in [2.75, 3.05) is 0 Å². The molecule has 6 heteroatoms. The van der Waals surface area contributed by atoms with Crippen molar-refractivity contribution in [3.8, 4) is 0 Å². The smallest absolute Gasteiger partial charge is 0.303 e. The fraction of sp³-hybridized carbons (Fsp3) is 0.273. The summed E-state index contributed by atoms with van der Waals surface area (Å²) in [6, 6.07) is 2.87. The molecule has 92 valence electrons. The van der Waals surface area contributed by atoms with E-state index in [4.69, 9.17) is 39.9 Å². The topological polar surface area (TPSA) is 54.4 Å². The van der Waals surface area contributed by atoms with E-state index in [1.54, 1.807) is 0 Å². The minimum atomic E-state index is -0.937. The highest BCUT2D eigenvalue weighted by Crippen LogP contribution is 2.30. The Balaban J connectivity index is 2.78. The number of hydrogen-bond acceptors (Lipinski definition) is 2. The number of benzene rings is 1. The lowest BCUT2D eigenvalue weighted by atomic mass is 10.1. The predicted molar refractivity (Wildman–Crippen MR) is 67.3 cm³/mol. The summed E-state index contributed by atoms with van der Waals surface area (Å²) in [5.41, 5.74) is 0.231. The van der Waals surface area contributed by atoms with E-state index in [0.717, 1.165) is 0 Å². The van der Waals surface area contributed by atoms with Crippen LogP contribution in [0.15, 0.2) is 12.1 Å². The molecule has 0 aliphatic heterocycles. The van der Waals surface area contributed by atoms with Gasteiger partial charge in [-0.2, -0.15) is 0 Å². The van der Waals surface area contributed by atoms with E-state index in [1.807, 2.05) is 0 Å². The minimum absolute atomic E-state index is 0.0579. The molecule has 0 fully saturated rings. The molecule has 0 aliphatic rings. The molecule has 0 atom stereocenters. The van der Waals surface area contributed by atoms with Gasteiger partial charge >= 0.3 is 5.97 Å². The van der Waals surface area contributed by atoms with Gasteiger partial charge in [-0.1, -0.05) is 34.8 Å². The van der Waals surface area contributed by atoms with Crippen LogP contribution >= 0.6 is 34.8 Å². The highest BCUT2D eigenvalue weighted by Gasteiger charge is 2.14. The van der Waals surface area contributed by atoms with E-state index in [9.17, 15) is 9.59 Å². The highest BCUT2D eigenvalue weighted by molar-refractivity contribution is 6.45. The predicted octanol–water partition coefficient (Wildman–Crippen LogP) is 4.08. The van der Waals surface area contributed by atoms with Crippen LogP contribution in [0.1, 0.15) is 29.6 Å². The molecule has 0 aliphatic carbocycles. The van der Waals surface area contributed by atoms with E-state index in [2.05, 4.69) is 0 Å². The van der Waals surface area contributed by atoms with E-state index in [1.165, 1.54) is 12.1 Å². The minimum Gasteiger partial charge on any atom is -0.481 e. The summed E-state index contributed by atoms with van der Waals surface area (Å²) in [5.74, 6) is -1.20. The summed E-state index contributed by atoms with van der Waals surface area (Å²) in [7, 11) is 0. The average molecular weight is 296 g/mol. The quantitative estimate of drug-likeness (QED) is 0.657. The fourth-order valence-electron chi connectivity index (χ4n) is 1.29. The molecule has 1 rings (SSSR count). The molecule has 17 heavy (non-hydrogen) atoms. The summed E-state index contributed by atoms with van der Waals surface area (Å²) in [6.07, 6.45) is 0.301. The van der Waals surface area contributed by atoms with Gasteiger partial charge in [0, 0.05) is 23.4 Å². The van der Waals surface area contributed by atoms with Gasteiger partial charge in [0.05, 0.1) is 10.0 Å². The van der Waals surface area contributed by atoms with Crippen molar-refractivity contribution in [3.63, 3.8) is 0 Å². The third-order valence-corrected chi connectivity index (χ3v) is 3.11. The first-order valence-electron chi connectivity index (χ1n) is 4.81. The summed E-state index contributed by atoms with van der Waals surface area (Å²) < 4.78 is 0. The van der Waals surface area contributed by atoms with Crippen LogP contribution in [0.2, 0.25) is 15.1 Å². The maximum absolute atomic E-state index is 11.8. The molecule has 0 heterocycles. The molecule has 0 radical (unpaired) electrons. The van der Waals surface area contributed by atoms with Gasteiger partial charge in [0.2, 0.25) is 0 Å². The SMILES string of the molecule is O=C(O)CCCC(=O)c1cc(Cl)cc(Cl)c1Cl. The first-order valence-corrected chi connectivity index (χ1v) is 5.94. The average Bonchev–Trinajstić information content (AvgIpc) is 2.22. The number of carboxylic acid groups (broad SMARTS) is 1. The third-order valence-electron chi connectivity index (χ3n) is 2.09. The zero-order valence-corrected chi connectivity index (χ0v) is 10.9. The second-order valence-electron chi connectivity index (χ2n) is 3.42. The lowest BCUT2D eigenvalue weighted by molar-refractivity contribution is -0.137. The zero-order valence-electron chi connectivity index (χ0n) is 8.67. The number of carbonyl (C=O) groups is 2. The molecule has 0 spiro atoms. The molecule has 0 saturated heterocycles. The second-order valence-corrected chi connectivity index (χ2v) is 4.64. The lowest BCUT2D eigenvalue weighted by Crippen LogP contribution is -2.03. The number of carbonyl (C=O) groups excluding carboxylic acids is 1. The molecular weight excluding hydrogens is 286 g/mol. The van der Waals surface area contributed by atoms with Crippen molar-refractivity contribution in [2.24, 2.45) is 0 Å². The number of hydrogen-bond donors (Lipinski definition) is 1. The van der Waals surface area contributed by atoms with E-state index < -0.39 is 5.97 Å². The monoisotopic (exact) mass is 294 g/mol. The van der Waals surface area contributed by atoms with Crippen molar-refractivity contribution in [2.45, 2.75) is 19.3 Å². The Morgan fingerprint density at radius 1 is 1.12 bits per heavy atom. The number of rotatable bonds is 5.